The van der Waals surface area contributed by atoms with E-state index in [1.165, 1.54) is 0 Å². The molecule has 2 aromatic carbocycles. The van der Waals surface area contributed by atoms with E-state index in [4.69, 9.17) is 0 Å². The van der Waals surface area contributed by atoms with Crippen molar-refractivity contribution in [3.8, 4) is 0 Å². The van der Waals surface area contributed by atoms with Gasteiger partial charge in [-0.1, -0.05) is 18.2 Å². The van der Waals surface area contributed by atoms with Crippen LogP contribution in [0.25, 0.3) is 10.9 Å². The van der Waals surface area contributed by atoms with Crippen molar-refractivity contribution >= 4 is 34.3 Å². The maximum absolute atomic E-state index is 12.7. The number of carbonyl (C=O) groups excluding carboxylic acids is 1. The zero-order valence-electron chi connectivity index (χ0n) is 16.5. The summed E-state index contributed by atoms with van der Waals surface area (Å²) in [6.45, 7) is 0.667. The molecule has 0 radical (unpaired) electrons. The largest absolute Gasteiger partial charge is 0.326 e. The molecular weight excluding hydrogens is 382 g/mol. The number of fused-ring (bicyclic) bond motifs is 1. The third-order valence-corrected chi connectivity index (χ3v) is 6.47. The van der Waals surface area contributed by atoms with Gasteiger partial charge in [0.2, 0.25) is 5.91 Å². The van der Waals surface area contributed by atoms with E-state index in [-0.39, 0.29) is 17.4 Å². The van der Waals surface area contributed by atoms with Crippen LogP contribution in [0.5, 0.6) is 0 Å². The molecule has 0 bridgehead atoms. The normalized spacial score (nSPS) is 19.2. The van der Waals surface area contributed by atoms with Crippen LogP contribution in [0.15, 0.2) is 64.5 Å². The lowest BCUT2D eigenvalue weighted by atomic mass is 9.81. The molecule has 3 aromatic rings. The van der Waals surface area contributed by atoms with Gasteiger partial charge in [-0.25, -0.2) is 4.98 Å². The van der Waals surface area contributed by atoms with Crippen LogP contribution in [0.2, 0.25) is 0 Å². The van der Waals surface area contributed by atoms with Gasteiger partial charge in [-0.15, -0.1) is 11.8 Å². The second-order valence-corrected chi connectivity index (χ2v) is 8.54. The number of rotatable bonds is 5. The quantitative estimate of drug-likeness (QED) is 0.630. The number of aromatic nitrogens is 2. The monoisotopic (exact) mass is 407 g/mol. The first-order valence-electron chi connectivity index (χ1n) is 10.0. The zero-order chi connectivity index (χ0) is 20.2. The summed E-state index contributed by atoms with van der Waals surface area (Å²) in [5, 5.41) is 3.73. The predicted octanol–water partition coefficient (Wildman–Crippen LogP) is 4.56. The van der Waals surface area contributed by atoms with Gasteiger partial charge in [0.05, 0.1) is 17.2 Å². The van der Waals surface area contributed by atoms with Crippen molar-refractivity contribution < 1.29 is 4.79 Å². The number of hydrogen-bond acceptors (Lipinski definition) is 4. The molecule has 1 aliphatic rings. The summed E-state index contributed by atoms with van der Waals surface area (Å²) in [6, 6.07) is 15.4. The Morgan fingerprint density at radius 2 is 1.93 bits per heavy atom. The second-order valence-electron chi connectivity index (χ2n) is 7.66. The van der Waals surface area contributed by atoms with E-state index in [2.05, 4.69) is 10.3 Å². The van der Waals surface area contributed by atoms with Crippen LogP contribution < -0.4 is 10.9 Å². The smallest absolute Gasteiger partial charge is 0.261 e. The fourth-order valence-corrected chi connectivity index (χ4v) is 4.53. The SMILES string of the molecule is CSc1cccc(NC(=O)C2CCC(Cn3cnc4ccccc4c3=O)CC2)c1. The number of para-hydroxylation sites is 1. The number of benzene rings is 2. The molecule has 1 fully saturated rings. The molecule has 6 heteroatoms. The highest BCUT2D eigenvalue weighted by Crippen LogP contribution is 2.31. The molecule has 0 saturated heterocycles. The minimum absolute atomic E-state index is 0.0177. The summed E-state index contributed by atoms with van der Waals surface area (Å²) in [5.41, 5.74) is 1.61. The van der Waals surface area contributed by atoms with E-state index in [0.717, 1.165) is 41.8 Å². The number of anilines is 1. The molecule has 1 heterocycles. The van der Waals surface area contributed by atoms with E-state index in [0.29, 0.717) is 17.8 Å². The van der Waals surface area contributed by atoms with Crippen molar-refractivity contribution in [1.29, 1.82) is 0 Å². The van der Waals surface area contributed by atoms with Gasteiger partial charge in [-0.05, 0) is 68.2 Å². The molecule has 1 N–H and O–H groups in total. The van der Waals surface area contributed by atoms with E-state index >= 15 is 0 Å². The van der Waals surface area contributed by atoms with Gasteiger partial charge >= 0.3 is 0 Å². The first-order valence-corrected chi connectivity index (χ1v) is 11.3. The summed E-state index contributed by atoms with van der Waals surface area (Å²) in [4.78, 5) is 30.9. The van der Waals surface area contributed by atoms with Gasteiger partial charge in [-0.3, -0.25) is 14.2 Å². The third kappa shape index (κ3) is 4.53. The summed E-state index contributed by atoms with van der Waals surface area (Å²) < 4.78 is 1.72. The zero-order valence-corrected chi connectivity index (χ0v) is 17.3. The van der Waals surface area contributed by atoms with Crippen molar-refractivity contribution in [3.05, 3.63) is 65.2 Å². The number of nitrogens with one attached hydrogen (secondary N) is 1. The van der Waals surface area contributed by atoms with Crippen LogP contribution in [0.3, 0.4) is 0 Å². The average molecular weight is 408 g/mol. The fraction of sp³-hybridized carbons (Fsp3) is 0.348. The Labute approximate surface area is 174 Å². The Kier molecular flexibility index (Phi) is 6.00. The second kappa shape index (κ2) is 8.82. The Bertz CT molecular complexity index is 1070. The summed E-state index contributed by atoms with van der Waals surface area (Å²) in [6.07, 6.45) is 7.29. The van der Waals surface area contributed by atoms with Crippen molar-refractivity contribution in [2.75, 3.05) is 11.6 Å². The average Bonchev–Trinajstić information content (AvgIpc) is 2.76. The number of nitrogens with zero attached hydrogens (tertiary/aromatic N) is 2. The van der Waals surface area contributed by atoms with Gasteiger partial charge in [0.25, 0.3) is 5.56 Å². The molecule has 0 spiro atoms. The predicted molar refractivity (Wildman–Crippen MR) is 118 cm³/mol. The maximum Gasteiger partial charge on any atom is 0.261 e. The van der Waals surface area contributed by atoms with E-state index in [1.807, 2.05) is 54.8 Å². The van der Waals surface area contributed by atoms with Crippen molar-refractivity contribution in [2.24, 2.45) is 11.8 Å². The Morgan fingerprint density at radius 3 is 2.72 bits per heavy atom. The molecule has 1 amide bonds. The lowest BCUT2D eigenvalue weighted by molar-refractivity contribution is -0.121. The van der Waals surface area contributed by atoms with Crippen LogP contribution in [-0.4, -0.2) is 21.7 Å². The Balaban J connectivity index is 1.35. The third-order valence-electron chi connectivity index (χ3n) is 5.74. The highest BCUT2D eigenvalue weighted by molar-refractivity contribution is 7.98. The van der Waals surface area contributed by atoms with Crippen LogP contribution in [-0.2, 0) is 11.3 Å². The summed E-state index contributed by atoms with van der Waals surface area (Å²) in [7, 11) is 0. The Morgan fingerprint density at radius 1 is 1.14 bits per heavy atom. The van der Waals surface area contributed by atoms with Crippen LogP contribution in [0.1, 0.15) is 25.7 Å². The van der Waals surface area contributed by atoms with Crippen molar-refractivity contribution in [3.63, 3.8) is 0 Å². The molecule has 4 rings (SSSR count). The van der Waals surface area contributed by atoms with Crippen molar-refractivity contribution in [2.45, 2.75) is 37.1 Å². The molecule has 1 aliphatic carbocycles. The van der Waals surface area contributed by atoms with Gasteiger partial charge in [0.15, 0.2) is 0 Å². The topological polar surface area (TPSA) is 64.0 Å². The molecular formula is C23H25N3O2S. The molecule has 0 aliphatic heterocycles. The van der Waals surface area contributed by atoms with Gasteiger partial charge in [-0.2, -0.15) is 0 Å². The highest BCUT2D eigenvalue weighted by Gasteiger charge is 2.27. The van der Waals surface area contributed by atoms with Gasteiger partial charge in [0, 0.05) is 23.0 Å². The minimum Gasteiger partial charge on any atom is -0.326 e. The molecule has 29 heavy (non-hydrogen) atoms. The molecule has 150 valence electrons. The van der Waals surface area contributed by atoms with Gasteiger partial charge < -0.3 is 5.32 Å². The highest BCUT2D eigenvalue weighted by atomic mass is 32.2. The first-order chi connectivity index (χ1) is 14.1. The van der Waals surface area contributed by atoms with E-state index in [9.17, 15) is 9.59 Å². The fourth-order valence-electron chi connectivity index (χ4n) is 4.07. The first kappa shape index (κ1) is 19.7. The number of hydrogen-bond donors (Lipinski definition) is 1. The standard InChI is InChI=1S/C23H25N3O2S/c1-29-19-6-4-5-18(13-19)25-22(27)17-11-9-16(10-12-17)14-26-15-24-21-8-3-2-7-20(21)23(26)28/h2-8,13,15-17H,9-12,14H2,1H3,(H,25,27). The number of carbonyl (C=O) groups is 1. The number of amides is 1. The molecule has 0 unspecified atom stereocenters. The molecule has 5 nitrogen and oxygen atoms in total. The lowest BCUT2D eigenvalue weighted by Gasteiger charge is -2.28. The Hall–Kier alpha value is -2.60. The number of thioether (sulfide) groups is 1. The van der Waals surface area contributed by atoms with Crippen LogP contribution in [0.4, 0.5) is 5.69 Å². The minimum atomic E-state index is 0.0177. The van der Waals surface area contributed by atoms with Crippen LogP contribution in [0, 0.1) is 11.8 Å². The molecule has 0 atom stereocenters. The molecule has 1 saturated carbocycles. The maximum atomic E-state index is 12.7. The van der Waals surface area contributed by atoms with Gasteiger partial charge in [0.1, 0.15) is 0 Å². The summed E-state index contributed by atoms with van der Waals surface area (Å²) >= 11 is 1.66. The van der Waals surface area contributed by atoms with Crippen molar-refractivity contribution in [1.82, 2.24) is 9.55 Å². The van der Waals surface area contributed by atoms with E-state index in [1.54, 1.807) is 22.7 Å². The lowest BCUT2D eigenvalue weighted by Crippen LogP contribution is -2.30. The van der Waals surface area contributed by atoms with E-state index < -0.39 is 0 Å². The van der Waals surface area contributed by atoms with Crippen LogP contribution >= 0.6 is 11.8 Å². The molecule has 1 aromatic heterocycles. The summed E-state index contributed by atoms with van der Waals surface area (Å²) in [5.74, 6) is 0.543.